The van der Waals surface area contributed by atoms with Gasteiger partial charge in [-0.3, -0.25) is 14.5 Å². The van der Waals surface area contributed by atoms with Crippen LogP contribution in [0.25, 0.3) is 6.08 Å². The molecule has 0 unspecified atom stereocenters. The van der Waals surface area contributed by atoms with Crippen LogP contribution in [0.3, 0.4) is 0 Å². The number of anilines is 2. The first-order valence-corrected chi connectivity index (χ1v) is 10.6. The van der Waals surface area contributed by atoms with Gasteiger partial charge >= 0.3 is 0 Å². The lowest BCUT2D eigenvalue weighted by molar-refractivity contribution is -0.125. The molecule has 5 nitrogen and oxygen atoms in total. The minimum atomic E-state index is -0.119. The molecule has 2 amide bonds. The third kappa shape index (κ3) is 5.62. The van der Waals surface area contributed by atoms with Crippen LogP contribution in [-0.4, -0.2) is 28.7 Å². The summed E-state index contributed by atoms with van der Waals surface area (Å²) >= 11 is 4.76. The van der Waals surface area contributed by atoms with Gasteiger partial charge < -0.3 is 4.90 Å². The number of para-hydroxylation sites is 1. The van der Waals surface area contributed by atoms with Crippen molar-refractivity contribution in [2.24, 2.45) is 0 Å². The molecule has 0 aliphatic heterocycles. The molecular formula is C22H20BrN3O2S. The molecule has 0 fully saturated rings. The van der Waals surface area contributed by atoms with Crippen molar-refractivity contribution in [2.45, 2.75) is 13.5 Å². The molecule has 3 aromatic rings. The number of likely N-dealkylation sites (N-methyl/N-ethyl adjacent to an activating group) is 1. The molecule has 0 N–H and O–H groups in total. The van der Waals surface area contributed by atoms with E-state index in [4.69, 9.17) is 0 Å². The number of nitrogens with zero attached hydrogens (tertiary/aromatic N) is 3. The molecule has 0 saturated heterocycles. The Kier molecular flexibility index (Phi) is 6.95. The van der Waals surface area contributed by atoms with E-state index < -0.39 is 0 Å². The zero-order valence-electron chi connectivity index (χ0n) is 16.1. The molecule has 0 radical (unpaired) electrons. The minimum absolute atomic E-state index is 0.117. The van der Waals surface area contributed by atoms with Crippen molar-refractivity contribution in [2.75, 3.05) is 11.9 Å². The van der Waals surface area contributed by atoms with Crippen LogP contribution in [0.2, 0.25) is 0 Å². The predicted octanol–water partition coefficient (Wildman–Crippen LogP) is 5.26. The summed E-state index contributed by atoms with van der Waals surface area (Å²) in [5, 5.41) is 2.39. The maximum absolute atomic E-state index is 12.4. The summed E-state index contributed by atoms with van der Waals surface area (Å²) in [6.45, 7) is 2.02. The van der Waals surface area contributed by atoms with Crippen molar-refractivity contribution >= 4 is 56.0 Å². The molecule has 0 bridgehead atoms. The van der Waals surface area contributed by atoms with E-state index in [9.17, 15) is 9.59 Å². The largest absolute Gasteiger partial charge is 0.338 e. The van der Waals surface area contributed by atoms with E-state index in [0.717, 1.165) is 15.7 Å². The third-order valence-corrected chi connectivity index (χ3v) is 5.51. The Morgan fingerprint density at radius 3 is 2.45 bits per heavy atom. The number of aromatic nitrogens is 1. The molecule has 1 aromatic heterocycles. The lowest BCUT2D eigenvalue weighted by atomic mass is 10.2. The number of hydrogen-bond acceptors (Lipinski definition) is 4. The predicted molar refractivity (Wildman–Crippen MR) is 121 cm³/mol. The second-order valence-electron chi connectivity index (χ2n) is 6.40. The Balaban J connectivity index is 1.68. The lowest BCUT2D eigenvalue weighted by Gasteiger charge is -2.17. The van der Waals surface area contributed by atoms with E-state index >= 15 is 0 Å². The molecule has 2 aromatic carbocycles. The van der Waals surface area contributed by atoms with E-state index in [2.05, 4.69) is 20.9 Å². The van der Waals surface area contributed by atoms with Gasteiger partial charge in [0.15, 0.2) is 5.13 Å². The molecule has 7 heteroatoms. The number of amides is 2. The van der Waals surface area contributed by atoms with Crippen molar-refractivity contribution < 1.29 is 9.59 Å². The fourth-order valence-corrected chi connectivity index (χ4v) is 3.80. The number of hydrogen-bond donors (Lipinski definition) is 0. The number of carbonyl (C=O) groups excluding carboxylic acids is 2. The highest BCUT2D eigenvalue weighted by Gasteiger charge is 2.17. The smallest absolute Gasteiger partial charge is 0.246 e. The lowest BCUT2D eigenvalue weighted by Crippen LogP contribution is -2.24. The van der Waals surface area contributed by atoms with E-state index in [-0.39, 0.29) is 11.8 Å². The summed E-state index contributed by atoms with van der Waals surface area (Å²) < 4.78 is 1.00. The Morgan fingerprint density at radius 2 is 1.79 bits per heavy atom. The standard InChI is InChI=1S/C22H20BrN3O2S/c1-16(27)26(20-6-4-3-5-7-20)22-24-19(15-29-22)12-13-21(28)25(2)14-17-8-10-18(23)11-9-17/h3-13,15H,14H2,1-2H3/b13-12+. The summed E-state index contributed by atoms with van der Waals surface area (Å²) in [6.07, 6.45) is 3.17. The highest BCUT2D eigenvalue weighted by molar-refractivity contribution is 9.10. The number of benzene rings is 2. The van der Waals surface area contributed by atoms with Gasteiger partial charge in [0.2, 0.25) is 11.8 Å². The Bertz CT molecular complexity index is 1020. The van der Waals surface area contributed by atoms with Crippen molar-refractivity contribution in [3.05, 3.63) is 81.8 Å². The number of thiazole rings is 1. The van der Waals surface area contributed by atoms with Gasteiger partial charge in [-0.05, 0) is 35.9 Å². The van der Waals surface area contributed by atoms with Gasteiger partial charge in [-0.25, -0.2) is 4.98 Å². The molecular weight excluding hydrogens is 450 g/mol. The third-order valence-electron chi connectivity index (χ3n) is 4.14. The zero-order valence-corrected chi connectivity index (χ0v) is 18.5. The molecule has 0 aliphatic carbocycles. The van der Waals surface area contributed by atoms with Gasteiger partial charge in [0, 0.05) is 36.4 Å². The van der Waals surface area contributed by atoms with Crippen molar-refractivity contribution in [1.82, 2.24) is 9.88 Å². The first kappa shape index (κ1) is 21.0. The molecule has 1 heterocycles. The van der Waals surface area contributed by atoms with Gasteiger partial charge in [-0.15, -0.1) is 11.3 Å². The highest BCUT2D eigenvalue weighted by Crippen LogP contribution is 2.29. The minimum Gasteiger partial charge on any atom is -0.338 e. The fraction of sp³-hybridized carbons (Fsp3) is 0.136. The van der Waals surface area contributed by atoms with E-state index in [1.54, 1.807) is 22.9 Å². The van der Waals surface area contributed by atoms with Crippen LogP contribution >= 0.6 is 27.3 Å². The fourth-order valence-electron chi connectivity index (χ4n) is 2.68. The summed E-state index contributed by atoms with van der Waals surface area (Å²) in [7, 11) is 1.76. The average Bonchev–Trinajstić information content (AvgIpc) is 3.17. The molecule has 0 atom stereocenters. The summed E-state index contributed by atoms with van der Waals surface area (Å²) in [4.78, 5) is 32.2. The topological polar surface area (TPSA) is 53.5 Å². The summed E-state index contributed by atoms with van der Waals surface area (Å²) in [5.74, 6) is -0.236. The molecule has 29 heavy (non-hydrogen) atoms. The quantitative estimate of drug-likeness (QED) is 0.462. The number of halogens is 1. The van der Waals surface area contributed by atoms with Crippen LogP contribution in [0.15, 0.2) is 70.5 Å². The zero-order chi connectivity index (χ0) is 20.8. The molecule has 3 rings (SSSR count). The van der Waals surface area contributed by atoms with Crippen molar-refractivity contribution in [3.8, 4) is 0 Å². The van der Waals surface area contributed by atoms with Crippen LogP contribution in [0.4, 0.5) is 10.8 Å². The van der Waals surface area contributed by atoms with Crippen LogP contribution < -0.4 is 4.90 Å². The maximum atomic E-state index is 12.4. The molecule has 0 aliphatic rings. The van der Waals surface area contributed by atoms with E-state index in [0.29, 0.717) is 17.4 Å². The van der Waals surface area contributed by atoms with Gasteiger partial charge in [0.1, 0.15) is 0 Å². The second-order valence-corrected chi connectivity index (χ2v) is 8.15. The second kappa shape index (κ2) is 9.62. The van der Waals surface area contributed by atoms with Gasteiger partial charge in [-0.1, -0.05) is 46.3 Å². The summed E-state index contributed by atoms with van der Waals surface area (Å²) in [5.41, 5.74) is 2.45. The number of rotatable bonds is 6. The Morgan fingerprint density at radius 1 is 1.10 bits per heavy atom. The van der Waals surface area contributed by atoms with E-state index in [1.165, 1.54) is 24.3 Å². The van der Waals surface area contributed by atoms with Crippen LogP contribution in [0.1, 0.15) is 18.2 Å². The number of carbonyl (C=O) groups is 2. The van der Waals surface area contributed by atoms with Crippen LogP contribution in [-0.2, 0) is 16.1 Å². The molecule has 0 saturated carbocycles. The van der Waals surface area contributed by atoms with E-state index in [1.807, 2.05) is 60.0 Å². The average molecular weight is 470 g/mol. The first-order chi connectivity index (χ1) is 13.9. The normalized spacial score (nSPS) is 10.9. The monoisotopic (exact) mass is 469 g/mol. The van der Waals surface area contributed by atoms with Gasteiger partial charge in [0.25, 0.3) is 0 Å². The SMILES string of the molecule is CC(=O)N(c1ccccc1)c1nc(/C=C/C(=O)N(C)Cc2ccc(Br)cc2)cs1. The van der Waals surface area contributed by atoms with Crippen LogP contribution in [0, 0.1) is 0 Å². The molecule has 148 valence electrons. The highest BCUT2D eigenvalue weighted by atomic mass is 79.9. The Hall–Kier alpha value is -2.77. The maximum Gasteiger partial charge on any atom is 0.246 e. The van der Waals surface area contributed by atoms with Crippen molar-refractivity contribution in [3.63, 3.8) is 0 Å². The Labute approximate surface area is 182 Å². The molecule has 0 spiro atoms. The van der Waals surface area contributed by atoms with Gasteiger partial charge in [-0.2, -0.15) is 0 Å². The first-order valence-electron chi connectivity index (χ1n) is 8.93. The summed E-state index contributed by atoms with van der Waals surface area (Å²) in [6, 6.07) is 17.2. The van der Waals surface area contributed by atoms with Crippen molar-refractivity contribution in [1.29, 1.82) is 0 Å². The van der Waals surface area contributed by atoms with Gasteiger partial charge in [0.05, 0.1) is 11.4 Å². The van der Waals surface area contributed by atoms with Crippen LogP contribution in [0.5, 0.6) is 0 Å².